The zero-order valence-corrected chi connectivity index (χ0v) is 12.8. The van der Waals surface area contributed by atoms with E-state index in [0.29, 0.717) is 32.6 Å². The summed E-state index contributed by atoms with van der Waals surface area (Å²) in [5.74, 6) is 0.511. The summed E-state index contributed by atoms with van der Waals surface area (Å²) in [6, 6.07) is 7.26. The maximum atomic E-state index is 11.8. The summed E-state index contributed by atoms with van der Waals surface area (Å²) in [5.41, 5.74) is 0.969. The average Bonchev–Trinajstić information content (AvgIpc) is 2.48. The van der Waals surface area contributed by atoms with Crippen molar-refractivity contribution in [2.45, 2.75) is 32.7 Å². The first kappa shape index (κ1) is 17.5. The lowest BCUT2D eigenvalue weighted by molar-refractivity contribution is -0.146. The van der Waals surface area contributed by atoms with Crippen LogP contribution in [-0.4, -0.2) is 43.5 Å². The van der Waals surface area contributed by atoms with E-state index in [1.165, 1.54) is 0 Å². The number of ether oxygens (including phenoxy) is 2. The van der Waals surface area contributed by atoms with Gasteiger partial charge in [0, 0.05) is 13.0 Å². The second kappa shape index (κ2) is 10.2. The normalized spacial score (nSPS) is 12.0. The van der Waals surface area contributed by atoms with Crippen molar-refractivity contribution in [1.29, 1.82) is 0 Å². The van der Waals surface area contributed by atoms with Crippen LogP contribution < -0.4 is 10.1 Å². The van der Waals surface area contributed by atoms with Gasteiger partial charge in [-0.1, -0.05) is 25.1 Å². The number of nitrogens with one attached hydrogen (secondary N) is 1. The van der Waals surface area contributed by atoms with Crippen LogP contribution in [0, 0.1) is 0 Å². The number of carbonyl (C=O) groups is 1. The lowest BCUT2D eigenvalue weighted by Crippen LogP contribution is -2.39. The monoisotopic (exact) mass is 295 g/mol. The first-order valence-electron chi connectivity index (χ1n) is 7.44. The van der Waals surface area contributed by atoms with Crippen molar-refractivity contribution < 1.29 is 19.4 Å². The number of hydrogen-bond donors (Lipinski definition) is 2. The SMILES string of the molecule is CCNC(CCOc1ccccc1CCO)C(=O)OCC. The second-order valence-electron chi connectivity index (χ2n) is 4.58. The van der Waals surface area contributed by atoms with Crippen LogP contribution in [0.5, 0.6) is 5.75 Å². The molecular weight excluding hydrogens is 270 g/mol. The number of rotatable bonds is 10. The molecule has 1 aromatic rings. The molecule has 21 heavy (non-hydrogen) atoms. The molecular formula is C16H25NO4. The Bertz CT molecular complexity index is 422. The molecule has 0 aliphatic carbocycles. The quantitative estimate of drug-likeness (QED) is 0.641. The minimum atomic E-state index is -0.347. The third kappa shape index (κ3) is 6.14. The van der Waals surface area contributed by atoms with Crippen LogP contribution in [0.4, 0.5) is 0 Å². The average molecular weight is 295 g/mol. The van der Waals surface area contributed by atoms with Crippen molar-refractivity contribution in [3.05, 3.63) is 29.8 Å². The Morgan fingerprint density at radius 1 is 1.33 bits per heavy atom. The zero-order valence-electron chi connectivity index (χ0n) is 12.8. The Morgan fingerprint density at radius 3 is 2.76 bits per heavy atom. The molecule has 5 nitrogen and oxygen atoms in total. The topological polar surface area (TPSA) is 67.8 Å². The highest BCUT2D eigenvalue weighted by atomic mass is 16.5. The molecule has 0 fully saturated rings. The van der Waals surface area contributed by atoms with Crippen molar-refractivity contribution in [2.75, 3.05) is 26.4 Å². The molecule has 0 saturated carbocycles. The van der Waals surface area contributed by atoms with Crippen LogP contribution in [0.15, 0.2) is 24.3 Å². The number of hydrogen-bond acceptors (Lipinski definition) is 5. The Hall–Kier alpha value is -1.59. The molecule has 0 bridgehead atoms. The standard InChI is InChI=1S/C16H25NO4/c1-3-17-14(16(19)20-4-2)10-12-21-15-8-6-5-7-13(15)9-11-18/h5-8,14,17-18H,3-4,9-12H2,1-2H3. The van der Waals surface area contributed by atoms with Crippen molar-refractivity contribution in [2.24, 2.45) is 0 Å². The Morgan fingerprint density at radius 2 is 2.10 bits per heavy atom. The van der Waals surface area contributed by atoms with E-state index in [1.807, 2.05) is 31.2 Å². The van der Waals surface area contributed by atoms with Crippen LogP contribution in [-0.2, 0) is 16.0 Å². The summed E-state index contributed by atoms with van der Waals surface area (Å²) in [4.78, 5) is 11.8. The predicted molar refractivity (Wildman–Crippen MR) is 81.4 cm³/mol. The highest BCUT2D eigenvalue weighted by Crippen LogP contribution is 2.18. The first-order valence-corrected chi connectivity index (χ1v) is 7.44. The van der Waals surface area contributed by atoms with Gasteiger partial charge in [-0.05, 0) is 31.5 Å². The summed E-state index contributed by atoms with van der Waals surface area (Å²) in [6.45, 7) is 5.32. The van der Waals surface area contributed by atoms with Crippen LogP contribution in [0.3, 0.4) is 0 Å². The summed E-state index contributed by atoms with van der Waals surface area (Å²) in [7, 11) is 0. The van der Waals surface area contributed by atoms with Crippen molar-refractivity contribution in [3.63, 3.8) is 0 Å². The number of esters is 1. The van der Waals surface area contributed by atoms with Crippen molar-refractivity contribution in [1.82, 2.24) is 5.32 Å². The zero-order chi connectivity index (χ0) is 15.5. The number of aliphatic hydroxyl groups excluding tert-OH is 1. The van der Waals surface area contributed by atoms with E-state index in [9.17, 15) is 4.79 Å². The summed E-state index contributed by atoms with van der Waals surface area (Å²) < 4.78 is 10.8. The van der Waals surface area contributed by atoms with Gasteiger partial charge in [0.1, 0.15) is 11.8 Å². The van der Waals surface area contributed by atoms with Gasteiger partial charge in [0.2, 0.25) is 0 Å². The molecule has 1 atom stereocenters. The third-order valence-electron chi connectivity index (χ3n) is 3.04. The fourth-order valence-corrected chi connectivity index (χ4v) is 2.05. The predicted octanol–water partition coefficient (Wildman–Crippen LogP) is 1.53. The molecule has 1 rings (SSSR count). The molecule has 1 aromatic carbocycles. The Balaban J connectivity index is 2.51. The molecule has 0 aliphatic rings. The molecule has 0 spiro atoms. The molecule has 118 valence electrons. The smallest absolute Gasteiger partial charge is 0.323 e. The van der Waals surface area contributed by atoms with Gasteiger partial charge in [0.25, 0.3) is 0 Å². The van der Waals surface area contributed by atoms with Crippen LogP contribution in [0.1, 0.15) is 25.8 Å². The molecule has 0 aliphatic heterocycles. The van der Waals surface area contributed by atoms with Gasteiger partial charge in [0.05, 0.1) is 13.2 Å². The summed E-state index contributed by atoms with van der Waals surface area (Å²) in [5, 5.41) is 12.1. The molecule has 1 unspecified atom stereocenters. The van der Waals surface area contributed by atoms with Crippen LogP contribution in [0.2, 0.25) is 0 Å². The minimum Gasteiger partial charge on any atom is -0.493 e. The first-order chi connectivity index (χ1) is 10.2. The maximum Gasteiger partial charge on any atom is 0.323 e. The molecule has 0 heterocycles. The number of aliphatic hydroxyl groups is 1. The maximum absolute atomic E-state index is 11.8. The van der Waals surface area contributed by atoms with Gasteiger partial charge in [-0.15, -0.1) is 0 Å². The molecule has 0 aromatic heterocycles. The van der Waals surface area contributed by atoms with Crippen molar-refractivity contribution in [3.8, 4) is 5.75 Å². The minimum absolute atomic E-state index is 0.0865. The molecule has 0 amide bonds. The van der Waals surface area contributed by atoms with Crippen LogP contribution >= 0.6 is 0 Å². The summed E-state index contributed by atoms with van der Waals surface area (Å²) in [6.07, 6.45) is 1.10. The Labute approximate surface area is 126 Å². The number of likely N-dealkylation sites (N-methyl/N-ethyl adjacent to an activating group) is 1. The van der Waals surface area contributed by atoms with E-state index in [1.54, 1.807) is 6.92 Å². The van der Waals surface area contributed by atoms with Gasteiger partial charge in [-0.2, -0.15) is 0 Å². The molecule has 0 radical (unpaired) electrons. The van der Waals surface area contributed by atoms with E-state index in [-0.39, 0.29) is 18.6 Å². The van der Waals surface area contributed by atoms with E-state index < -0.39 is 0 Å². The van der Waals surface area contributed by atoms with E-state index in [0.717, 1.165) is 11.3 Å². The number of carbonyl (C=O) groups excluding carboxylic acids is 1. The molecule has 2 N–H and O–H groups in total. The highest BCUT2D eigenvalue weighted by Gasteiger charge is 2.18. The second-order valence-corrected chi connectivity index (χ2v) is 4.58. The lowest BCUT2D eigenvalue weighted by atomic mass is 10.1. The summed E-state index contributed by atoms with van der Waals surface area (Å²) >= 11 is 0. The fraction of sp³-hybridized carbons (Fsp3) is 0.562. The van der Waals surface area contributed by atoms with Gasteiger partial charge >= 0.3 is 5.97 Å². The van der Waals surface area contributed by atoms with Gasteiger partial charge in [0.15, 0.2) is 0 Å². The van der Waals surface area contributed by atoms with Gasteiger partial charge in [-0.25, -0.2) is 0 Å². The van der Waals surface area contributed by atoms with Gasteiger partial charge < -0.3 is 19.9 Å². The lowest BCUT2D eigenvalue weighted by Gasteiger charge is -2.17. The number of benzene rings is 1. The molecule has 0 saturated heterocycles. The third-order valence-corrected chi connectivity index (χ3v) is 3.04. The van der Waals surface area contributed by atoms with Crippen molar-refractivity contribution >= 4 is 5.97 Å². The highest BCUT2D eigenvalue weighted by molar-refractivity contribution is 5.75. The number of para-hydroxylation sites is 1. The van der Waals surface area contributed by atoms with E-state index in [2.05, 4.69) is 5.32 Å². The van der Waals surface area contributed by atoms with Crippen LogP contribution in [0.25, 0.3) is 0 Å². The largest absolute Gasteiger partial charge is 0.493 e. The molecule has 5 heteroatoms. The Kier molecular flexibility index (Phi) is 8.47. The fourth-order valence-electron chi connectivity index (χ4n) is 2.05. The van der Waals surface area contributed by atoms with E-state index in [4.69, 9.17) is 14.6 Å². The van der Waals surface area contributed by atoms with Gasteiger partial charge in [-0.3, -0.25) is 4.79 Å². The van der Waals surface area contributed by atoms with E-state index >= 15 is 0 Å².